The number of rotatable bonds is 5. The van der Waals surface area contributed by atoms with E-state index in [1.807, 2.05) is 11.0 Å². The second-order valence-corrected chi connectivity index (χ2v) is 8.53. The highest BCUT2D eigenvalue weighted by Gasteiger charge is 2.35. The summed E-state index contributed by atoms with van der Waals surface area (Å²) in [6.07, 6.45) is 4.80. The third-order valence-electron chi connectivity index (χ3n) is 6.56. The van der Waals surface area contributed by atoms with Gasteiger partial charge in [0.1, 0.15) is 18.0 Å². The second kappa shape index (κ2) is 7.19. The second-order valence-electron chi connectivity index (χ2n) is 8.53. The fraction of sp³-hybridized carbons (Fsp3) is 0.650. The number of hydrogen-bond donors (Lipinski definition) is 1. The molecule has 2 saturated heterocycles. The molecule has 1 aliphatic carbocycles. The number of aromatic amines is 1. The largest absolute Gasteiger partial charge is 0.356 e. The summed E-state index contributed by atoms with van der Waals surface area (Å²) in [7, 11) is 2.15. The molecule has 2 aliphatic heterocycles. The van der Waals surface area contributed by atoms with Crippen LogP contribution in [0.5, 0.6) is 0 Å². The molecule has 156 valence electrons. The van der Waals surface area contributed by atoms with Crippen LogP contribution >= 0.6 is 0 Å². The van der Waals surface area contributed by atoms with Gasteiger partial charge in [0.25, 0.3) is 5.92 Å². The van der Waals surface area contributed by atoms with Gasteiger partial charge in [0.05, 0.1) is 5.69 Å². The standard InChI is InChI=1S/C20H27F2N7/c1-27(12-17-15-3-2-4-16(15)25-26-17)14-10-29(11-14)19-9-18(23-13-24-19)28-7-5-20(21,22)6-8-28/h9,13-14H,2-8,10-12H2,1H3,(H,25,26). The first-order valence-electron chi connectivity index (χ1n) is 10.4. The van der Waals surface area contributed by atoms with Crippen molar-refractivity contribution in [1.82, 2.24) is 25.1 Å². The van der Waals surface area contributed by atoms with Crippen molar-refractivity contribution in [3.05, 3.63) is 29.3 Å². The summed E-state index contributed by atoms with van der Waals surface area (Å²) in [6.45, 7) is 3.34. The number of hydrogen-bond acceptors (Lipinski definition) is 6. The Morgan fingerprint density at radius 2 is 1.86 bits per heavy atom. The van der Waals surface area contributed by atoms with Crippen molar-refractivity contribution >= 4 is 11.6 Å². The van der Waals surface area contributed by atoms with Gasteiger partial charge in [-0.05, 0) is 31.9 Å². The Hall–Kier alpha value is -2.29. The number of anilines is 2. The minimum Gasteiger partial charge on any atom is -0.356 e. The summed E-state index contributed by atoms with van der Waals surface area (Å²) in [5.41, 5.74) is 3.91. The molecule has 0 radical (unpaired) electrons. The minimum absolute atomic E-state index is 0.111. The maximum Gasteiger partial charge on any atom is 0.251 e. The smallest absolute Gasteiger partial charge is 0.251 e. The van der Waals surface area contributed by atoms with Crippen molar-refractivity contribution in [3.63, 3.8) is 0 Å². The summed E-state index contributed by atoms with van der Waals surface area (Å²) in [5, 5.41) is 7.70. The van der Waals surface area contributed by atoms with E-state index in [4.69, 9.17) is 0 Å². The van der Waals surface area contributed by atoms with Crippen LogP contribution in [0.1, 0.15) is 36.2 Å². The summed E-state index contributed by atoms with van der Waals surface area (Å²) < 4.78 is 26.8. The number of alkyl halides is 2. The van der Waals surface area contributed by atoms with Crippen LogP contribution in [-0.4, -0.2) is 70.3 Å². The minimum atomic E-state index is -2.55. The predicted molar refractivity (Wildman–Crippen MR) is 107 cm³/mol. The van der Waals surface area contributed by atoms with Crippen LogP contribution in [0, 0.1) is 0 Å². The molecule has 0 atom stereocenters. The zero-order valence-corrected chi connectivity index (χ0v) is 16.7. The quantitative estimate of drug-likeness (QED) is 0.826. The Balaban J connectivity index is 1.18. The molecule has 7 nitrogen and oxygen atoms in total. The summed E-state index contributed by atoms with van der Waals surface area (Å²) in [6, 6.07) is 2.39. The Kier molecular flexibility index (Phi) is 4.64. The average Bonchev–Trinajstić information content (AvgIpc) is 3.26. The number of nitrogens with zero attached hydrogens (tertiary/aromatic N) is 6. The molecule has 1 N–H and O–H groups in total. The summed E-state index contributed by atoms with van der Waals surface area (Å²) in [4.78, 5) is 15.2. The first-order valence-corrected chi connectivity index (χ1v) is 10.4. The number of nitrogens with one attached hydrogen (secondary N) is 1. The van der Waals surface area contributed by atoms with Gasteiger partial charge in [-0.3, -0.25) is 10.00 Å². The molecular weight excluding hydrogens is 376 g/mol. The van der Waals surface area contributed by atoms with Gasteiger partial charge in [-0.2, -0.15) is 5.10 Å². The van der Waals surface area contributed by atoms with Gasteiger partial charge in [0.15, 0.2) is 0 Å². The molecule has 9 heteroatoms. The first-order chi connectivity index (χ1) is 14.0. The molecule has 3 aliphatic rings. The van der Waals surface area contributed by atoms with Crippen molar-refractivity contribution in [1.29, 1.82) is 0 Å². The Labute approximate surface area is 169 Å². The fourth-order valence-electron chi connectivity index (χ4n) is 4.55. The van der Waals surface area contributed by atoms with E-state index in [0.29, 0.717) is 19.1 Å². The fourth-order valence-corrected chi connectivity index (χ4v) is 4.55. The zero-order chi connectivity index (χ0) is 20.0. The average molecular weight is 403 g/mol. The van der Waals surface area contributed by atoms with Gasteiger partial charge in [-0.25, -0.2) is 18.7 Å². The van der Waals surface area contributed by atoms with Gasteiger partial charge in [-0.1, -0.05) is 0 Å². The summed E-state index contributed by atoms with van der Waals surface area (Å²) >= 11 is 0. The third kappa shape index (κ3) is 3.68. The normalized spacial score (nSPS) is 21.5. The molecule has 0 saturated carbocycles. The van der Waals surface area contributed by atoms with Crippen LogP contribution in [0.3, 0.4) is 0 Å². The summed E-state index contributed by atoms with van der Waals surface area (Å²) in [5.74, 6) is -0.928. The number of piperidine rings is 1. The van der Waals surface area contributed by atoms with Crippen molar-refractivity contribution in [3.8, 4) is 0 Å². The van der Waals surface area contributed by atoms with E-state index in [2.05, 4.69) is 37.0 Å². The number of halogens is 2. The van der Waals surface area contributed by atoms with Crippen molar-refractivity contribution in [2.75, 3.05) is 43.0 Å². The number of H-pyrrole nitrogens is 1. The molecule has 0 aromatic carbocycles. The molecule has 2 aromatic rings. The van der Waals surface area contributed by atoms with Gasteiger partial charge in [0.2, 0.25) is 0 Å². The van der Waals surface area contributed by atoms with Crippen LogP contribution in [0.4, 0.5) is 20.4 Å². The maximum atomic E-state index is 13.4. The van der Waals surface area contributed by atoms with Gasteiger partial charge < -0.3 is 9.80 Å². The number of fused-ring (bicyclic) bond motifs is 1. The van der Waals surface area contributed by atoms with E-state index >= 15 is 0 Å². The van der Waals surface area contributed by atoms with Gasteiger partial charge >= 0.3 is 0 Å². The number of likely N-dealkylation sites (N-methyl/N-ethyl adjacent to an activating group) is 1. The van der Waals surface area contributed by atoms with Crippen molar-refractivity contribution in [2.45, 2.75) is 50.6 Å². The third-order valence-corrected chi connectivity index (χ3v) is 6.56. The number of aromatic nitrogens is 4. The lowest BCUT2D eigenvalue weighted by molar-refractivity contribution is -0.0221. The molecule has 0 unspecified atom stereocenters. The van der Waals surface area contributed by atoms with Crippen molar-refractivity contribution < 1.29 is 8.78 Å². The zero-order valence-electron chi connectivity index (χ0n) is 16.7. The lowest BCUT2D eigenvalue weighted by Crippen LogP contribution is -2.58. The number of aryl methyl sites for hydroxylation is 1. The van der Waals surface area contributed by atoms with E-state index < -0.39 is 5.92 Å². The Bertz CT molecular complexity index is 867. The highest BCUT2D eigenvalue weighted by atomic mass is 19.3. The van der Waals surface area contributed by atoms with Gasteiger partial charge in [0, 0.05) is 63.4 Å². The maximum absolute atomic E-state index is 13.4. The van der Waals surface area contributed by atoms with E-state index in [9.17, 15) is 8.78 Å². The lowest BCUT2D eigenvalue weighted by Gasteiger charge is -2.44. The molecule has 29 heavy (non-hydrogen) atoms. The first kappa shape index (κ1) is 18.7. The van der Waals surface area contributed by atoms with Crippen LogP contribution in [0.15, 0.2) is 12.4 Å². The van der Waals surface area contributed by atoms with Gasteiger partial charge in [-0.15, -0.1) is 0 Å². The predicted octanol–water partition coefficient (Wildman–Crippen LogP) is 2.24. The highest BCUT2D eigenvalue weighted by molar-refractivity contribution is 5.52. The van der Waals surface area contributed by atoms with Crippen LogP contribution in [0.2, 0.25) is 0 Å². The Morgan fingerprint density at radius 3 is 2.62 bits per heavy atom. The topological polar surface area (TPSA) is 64.2 Å². The van der Waals surface area contributed by atoms with Crippen LogP contribution in [0.25, 0.3) is 0 Å². The molecule has 0 spiro atoms. The highest BCUT2D eigenvalue weighted by Crippen LogP contribution is 2.31. The van der Waals surface area contributed by atoms with E-state index in [1.54, 1.807) is 6.33 Å². The molecule has 0 amide bonds. The molecular formula is C20H27F2N7. The molecule has 5 rings (SSSR count). The molecule has 4 heterocycles. The monoisotopic (exact) mass is 403 g/mol. The van der Waals surface area contributed by atoms with Crippen LogP contribution in [-0.2, 0) is 19.4 Å². The van der Waals surface area contributed by atoms with E-state index in [-0.39, 0.29) is 12.8 Å². The molecule has 2 aromatic heterocycles. The molecule has 2 fully saturated rings. The Morgan fingerprint density at radius 1 is 1.14 bits per heavy atom. The van der Waals surface area contributed by atoms with E-state index in [1.165, 1.54) is 23.4 Å². The lowest BCUT2D eigenvalue weighted by atomic mass is 10.1. The van der Waals surface area contributed by atoms with Crippen molar-refractivity contribution in [2.24, 2.45) is 0 Å². The SMILES string of the molecule is CN(Cc1n[nH]c2c1CCC2)C1CN(c2cc(N3CCC(F)(F)CC3)ncn2)C1. The molecule has 0 bridgehead atoms. The van der Waals surface area contributed by atoms with E-state index in [0.717, 1.165) is 44.1 Å². The van der Waals surface area contributed by atoms with Crippen LogP contribution < -0.4 is 9.80 Å².